The Morgan fingerprint density at radius 3 is 0.459 bits per heavy atom. The average molecular weight is 1090 g/mol. The predicted molar refractivity (Wildman–Crippen MR) is 242 cm³/mol. The molecule has 4 rings (SSSR count). The summed E-state index contributed by atoms with van der Waals surface area (Å²) in [6.45, 7) is 2.67. The first-order chi connectivity index (χ1) is 35.1. The Morgan fingerprint density at radius 1 is 0.203 bits per heavy atom. The van der Waals surface area contributed by atoms with Gasteiger partial charge in [-0.2, -0.15) is 0 Å². The van der Waals surface area contributed by atoms with Crippen molar-refractivity contribution < 1.29 is 92.9 Å². The smallest absolute Gasteiger partial charge is 0.200 e. The van der Waals surface area contributed by atoms with Gasteiger partial charge in [0.1, 0.15) is 52.7 Å². The first kappa shape index (κ1) is 63.8. The molecule has 0 heterocycles. The van der Waals surface area contributed by atoms with Crippen LogP contribution in [0.2, 0.25) is 0 Å². The second-order valence-electron chi connectivity index (χ2n) is 18.4. The summed E-state index contributed by atoms with van der Waals surface area (Å²) in [6, 6.07) is 0. The highest BCUT2D eigenvalue weighted by Crippen LogP contribution is 2.31. The molecule has 0 radical (unpaired) electrons. The van der Waals surface area contributed by atoms with E-state index in [1.807, 2.05) is 0 Å². The van der Waals surface area contributed by atoms with Crippen molar-refractivity contribution in [3.8, 4) is 0 Å². The summed E-state index contributed by atoms with van der Waals surface area (Å²) in [5.74, 6) is -71.4. The van der Waals surface area contributed by atoms with Crippen LogP contribution in [0, 0.1) is 116 Å². The zero-order valence-electron chi connectivity index (χ0n) is 40.7. The highest BCUT2D eigenvalue weighted by molar-refractivity contribution is 7.20. The standard InChI is InChI=1S/C28H58O.C24BF20/c1-2-3-4-5-6-7-8-9-10-11-12-13-14-15-16-17-18-19-20-21-22-23-24-25-26-27-28-29;26-5-1(6(27)14(35)21(42)13(5)34)25(2-7(28)15(36)22(43)16(37)8(2)29,3-9(30)17(38)23(44)18(39)10(3)31)4-11(32)19(40)24(45)20(41)12(4)33/h29H,2-28H2,1H3;/q;-1. The van der Waals surface area contributed by atoms with Crippen LogP contribution in [0.4, 0.5) is 87.8 Å². The molecule has 0 bridgehead atoms. The zero-order chi connectivity index (χ0) is 55.4. The van der Waals surface area contributed by atoms with E-state index in [4.69, 9.17) is 5.11 Å². The first-order valence-corrected chi connectivity index (χ1v) is 25.0. The highest BCUT2D eigenvalue weighted by atomic mass is 19.2. The van der Waals surface area contributed by atoms with E-state index in [1.165, 1.54) is 161 Å². The van der Waals surface area contributed by atoms with Crippen LogP contribution >= 0.6 is 0 Å². The molecule has 0 amide bonds. The monoisotopic (exact) mass is 1090 g/mol. The minimum absolute atomic E-state index is 0.374. The lowest BCUT2D eigenvalue weighted by atomic mass is 9.12. The van der Waals surface area contributed by atoms with E-state index in [0.29, 0.717) is 6.61 Å². The van der Waals surface area contributed by atoms with E-state index >= 15 is 35.1 Å². The molecule has 74 heavy (non-hydrogen) atoms. The molecule has 0 fully saturated rings. The van der Waals surface area contributed by atoms with Crippen molar-refractivity contribution in [2.45, 2.75) is 174 Å². The van der Waals surface area contributed by atoms with Crippen LogP contribution in [0.25, 0.3) is 0 Å². The molecule has 0 saturated heterocycles. The number of rotatable bonds is 30. The molecular formula is C52H58BF20O-. The predicted octanol–water partition coefficient (Wildman–Crippen LogP) is 16.0. The van der Waals surface area contributed by atoms with Gasteiger partial charge in [0.2, 0.25) is 0 Å². The van der Waals surface area contributed by atoms with Gasteiger partial charge in [0.05, 0.1) is 0 Å². The molecule has 0 aliphatic heterocycles. The number of unbranched alkanes of at least 4 members (excludes halogenated alkanes) is 25. The van der Waals surface area contributed by atoms with Crippen molar-refractivity contribution in [3.05, 3.63) is 116 Å². The average Bonchev–Trinajstić information content (AvgIpc) is 3.38. The SMILES string of the molecule is CCCCCCCCCCCCCCCCCCCCCCCCCCCCO.Fc1c(F)c(F)c([B-](c2c(F)c(F)c(F)c(F)c2F)(c2c(F)c(F)c(F)c(F)c2F)c2c(F)c(F)c(F)c(F)c2F)c(F)c1F. The van der Waals surface area contributed by atoms with Gasteiger partial charge < -0.3 is 5.11 Å². The summed E-state index contributed by atoms with van der Waals surface area (Å²) < 4.78 is 294. The summed E-state index contributed by atoms with van der Waals surface area (Å²) in [6.07, 6.45) is 29.9. The first-order valence-electron chi connectivity index (χ1n) is 25.0. The van der Waals surface area contributed by atoms with E-state index in [-0.39, 0.29) is 0 Å². The maximum atomic E-state index is 15.4. The van der Waals surface area contributed by atoms with Crippen LogP contribution in [0.1, 0.15) is 174 Å². The van der Waals surface area contributed by atoms with Crippen molar-refractivity contribution in [2.75, 3.05) is 6.61 Å². The van der Waals surface area contributed by atoms with Gasteiger partial charge in [-0.05, 0) is 6.42 Å². The molecule has 0 spiro atoms. The number of hydrogen-bond acceptors (Lipinski definition) is 1. The van der Waals surface area contributed by atoms with E-state index in [1.54, 1.807) is 0 Å². The van der Waals surface area contributed by atoms with Crippen molar-refractivity contribution in [1.82, 2.24) is 0 Å². The van der Waals surface area contributed by atoms with Gasteiger partial charge in [0, 0.05) is 6.61 Å². The van der Waals surface area contributed by atoms with Gasteiger partial charge in [-0.1, -0.05) is 167 Å². The Hall–Kier alpha value is -4.50. The van der Waals surface area contributed by atoms with Crippen molar-refractivity contribution >= 4 is 28.0 Å². The van der Waals surface area contributed by atoms with Crippen molar-refractivity contribution in [2.24, 2.45) is 0 Å². The topological polar surface area (TPSA) is 20.2 Å². The van der Waals surface area contributed by atoms with E-state index in [2.05, 4.69) is 6.92 Å². The molecule has 0 atom stereocenters. The molecule has 0 aliphatic rings. The van der Waals surface area contributed by atoms with Gasteiger partial charge >= 0.3 is 0 Å². The largest absolute Gasteiger partial charge is 0.396 e. The minimum Gasteiger partial charge on any atom is -0.396 e. The highest BCUT2D eigenvalue weighted by Gasteiger charge is 2.52. The number of aliphatic hydroxyl groups excluding tert-OH is 1. The molecule has 0 saturated carbocycles. The third-order valence-electron chi connectivity index (χ3n) is 13.2. The van der Waals surface area contributed by atoms with Crippen LogP contribution in [-0.4, -0.2) is 17.9 Å². The maximum absolute atomic E-state index is 15.4. The maximum Gasteiger partial charge on any atom is 0.200 e. The summed E-state index contributed by atoms with van der Waals surface area (Å²) in [7, 11) is 0. The van der Waals surface area contributed by atoms with Gasteiger partial charge in [-0.25, -0.2) is 87.8 Å². The van der Waals surface area contributed by atoms with Crippen molar-refractivity contribution in [1.29, 1.82) is 0 Å². The van der Waals surface area contributed by atoms with Crippen LogP contribution in [0.15, 0.2) is 0 Å². The number of benzene rings is 4. The molecular weight excluding hydrogens is 1030 g/mol. The zero-order valence-corrected chi connectivity index (χ0v) is 40.7. The van der Waals surface area contributed by atoms with E-state index < -0.39 is 144 Å². The summed E-state index contributed by atoms with van der Waals surface area (Å²) in [4.78, 5) is 0. The molecule has 4 aromatic carbocycles. The summed E-state index contributed by atoms with van der Waals surface area (Å²) >= 11 is 0. The number of halogens is 20. The van der Waals surface area contributed by atoms with Crippen LogP contribution < -0.4 is 21.9 Å². The molecule has 1 N–H and O–H groups in total. The van der Waals surface area contributed by atoms with Gasteiger partial charge in [0.25, 0.3) is 0 Å². The fourth-order valence-corrected chi connectivity index (χ4v) is 9.30. The van der Waals surface area contributed by atoms with Crippen molar-refractivity contribution in [3.63, 3.8) is 0 Å². The lowest BCUT2D eigenvalue weighted by Gasteiger charge is -2.44. The Balaban J connectivity index is 0.000000433. The molecule has 22 heteroatoms. The molecule has 1 nitrogen and oxygen atoms in total. The minimum atomic E-state index is -7.22. The second kappa shape index (κ2) is 30.9. The fraction of sp³-hybridized carbons (Fsp3) is 0.538. The molecule has 0 aromatic heterocycles. The molecule has 416 valence electrons. The summed E-state index contributed by atoms with van der Waals surface area (Å²) in [5.41, 5.74) is -14.3. The van der Waals surface area contributed by atoms with Gasteiger partial charge in [-0.15, -0.1) is 21.9 Å². The van der Waals surface area contributed by atoms with E-state index in [0.717, 1.165) is 6.42 Å². The van der Waals surface area contributed by atoms with Gasteiger partial charge in [-0.3, -0.25) is 0 Å². The normalized spacial score (nSPS) is 11.8. The quantitative estimate of drug-likeness (QED) is 0.0181. The molecule has 0 unspecified atom stereocenters. The Morgan fingerprint density at radius 2 is 0.324 bits per heavy atom. The van der Waals surface area contributed by atoms with Crippen LogP contribution in [-0.2, 0) is 0 Å². The fourth-order valence-electron chi connectivity index (χ4n) is 9.30. The third-order valence-corrected chi connectivity index (χ3v) is 13.2. The van der Waals surface area contributed by atoms with Gasteiger partial charge in [0.15, 0.2) is 69.8 Å². The summed E-state index contributed by atoms with van der Waals surface area (Å²) in [5, 5.41) is 8.75. The van der Waals surface area contributed by atoms with E-state index in [9.17, 15) is 52.7 Å². The number of hydrogen-bond donors (Lipinski definition) is 1. The number of aliphatic hydroxyl groups is 1. The Kier molecular flexibility index (Phi) is 26.6. The Bertz CT molecular complexity index is 2040. The lowest BCUT2D eigenvalue weighted by Crippen LogP contribution is -2.81. The van der Waals surface area contributed by atoms with Crippen LogP contribution in [0.5, 0.6) is 0 Å². The second-order valence-corrected chi connectivity index (χ2v) is 18.4. The van der Waals surface area contributed by atoms with Crippen LogP contribution in [0.3, 0.4) is 0 Å². The molecule has 0 aliphatic carbocycles. The third kappa shape index (κ3) is 14.9. The molecule has 4 aromatic rings. The lowest BCUT2D eigenvalue weighted by molar-refractivity contribution is 0.282. The Labute approximate surface area is 417 Å².